The van der Waals surface area contributed by atoms with Crippen molar-refractivity contribution < 1.29 is 9.13 Å². The third-order valence-electron chi connectivity index (χ3n) is 2.15. The van der Waals surface area contributed by atoms with E-state index in [1.807, 2.05) is 6.92 Å². The predicted octanol–water partition coefficient (Wildman–Crippen LogP) is 2.55. The second-order valence-electron chi connectivity index (χ2n) is 3.11. The van der Waals surface area contributed by atoms with E-state index in [4.69, 9.17) is 22.1 Å². The topological polar surface area (TPSA) is 35.2 Å². The lowest BCUT2D eigenvalue weighted by Crippen LogP contribution is -2.12. The number of halogens is 2. The molecule has 0 aliphatic carbocycles. The van der Waals surface area contributed by atoms with Crippen LogP contribution in [0, 0.1) is 5.82 Å². The molecule has 0 aromatic heterocycles. The summed E-state index contributed by atoms with van der Waals surface area (Å²) in [5.74, 6) is -0.0579. The summed E-state index contributed by atoms with van der Waals surface area (Å²) in [6.45, 7) is 2.19. The van der Waals surface area contributed by atoms with Crippen LogP contribution in [-0.2, 0) is 0 Å². The van der Waals surface area contributed by atoms with Gasteiger partial charge in [0.2, 0.25) is 0 Å². The Morgan fingerprint density at radius 2 is 2.21 bits per heavy atom. The van der Waals surface area contributed by atoms with Crippen LogP contribution in [0.5, 0.6) is 5.75 Å². The Kier molecular flexibility index (Phi) is 3.72. The highest BCUT2D eigenvalue weighted by Crippen LogP contribution is 2.34. The van der Waals surface area contributed by atoms with Gasteiger partial charge in [-0.2, -0.15) is 0 Å². The van der Waals surface area contributed by atoms with Gasteiger partial charge in [0, 0.05) is 5.56 Å². The number of methoxy groups -OCH3 is 1. The van der Waals surface area contributed by atoms with Crippen LogP contribution < -0.4 is 10.5 Å². The van der Waals surface area contributed by atoms with E-state index < -0.39 is 0 Å². The third-order valence-corrected chi connectivity index (χ3v) is 2.44. The molecule has 0 spiro atoms. The molecule has 1 aromatic carbocycles. The minimum atomic E-state index is -0.329. The molecule has 0 heterocycles. The van der Waals surface area contributed by atoms with E-state index in [0.29, 0.717) is 22.9 Å². The Balaban J connectivity index is 3.29. The molecule has 1 rings (SSSR count). The highest BCUT2D eigenvalue weighted by atomic mass is 35.5. The second kappa shape index (κ2) is 4.62. The van der Waals surface area contributed by atoms with Crippen molar-refractivity contribution in [2.75, 3.05) is 13.7 Å². The maximum Gasteiger partial charge on any atom is 0.143 e. The lowest BCUT2D eigenvalue weighted by Gasteiger charge is -2.15. The maximum atomic E-state index is 13.5. The molecule has 2 N–H and O–H groups in total. The SMILES string of the molecule is COc1c(Cl)ccc(F)c1C(C)CN. The van der Waals surface area contributed by atoms with Crippen LogP contribution in [0.15, 0.2) is 12.1 Å². The summed E-state index contributed by atoms with van der Waals surface area (Å²) in [5, 5.41) is 0.407. The Bertz CT molecular complexity index is 330. The number of benzene rings is 1. The Morgan fingerprint density at radius 3 is 2.71 bits per heavy atom. The van der Waals surface area contributed by atoms with Gasteiger partial charge in [-0.25, -0.2) is 4.39 Å². The quantitative estimate of drug-likeness (QED) is 0.845. The van der Waals surface area contributed by atoms with Crippen molar-refractivity contribution >= 4 is 11.6 Å². The zero-order chi connectivity index (χ0) is 10.7. The number of rotatable bonds is 3. The van der Waals surface area contributed by atoms with Crippen molar-refractivity contribution in [3.05, 3.63) is 28.5 Å². The molecule has 14 heavy (non-hydrogen) atoms. The summed E-state index contributed by atoms with van der Waals surface area (Å²) in [7, 11) is 1.47. The highest BCUT2D eigenvalue weighted by Gasteiger charge is 2.17. The lowest BCUT2D eigenvalue weighted by molar-refractivity contribution is 0.401. The Morgan fingerprint density at radius 1 is 1.57 bits per heavy atom. The lowest BCUT2D eigenvalue weighted by atomic mass is 9.99. The molecule has 0 saturated carbocycles. The van der Waals surface area contributed by atoms with Crippen molar-refractivity contribution in [3.63, 3.8) is 0 Å². The largest absolute Gasteiger partial charge is 0.495 e. The molecule has 0 radical (unpaired) electrons. The minimum absolute atomic E-state index is 0.108. The van der Waals surface area contributed by atoms with Crippen molar-refractivity contribution in [3.8, 4) is 5.75 Å². The Hall–Kier alpha value is -0.800. The van der Waals surface area contributed by atoms with Gasteiger partial charge in [0.15, 0.2) is 0 Å². The maximum absolute atomic E-state index is 13.5. The fraction of sp³-hybridized carbons (Fsp3) is 0.400. The first-order valence-corrected chi connectivity index (χ1v) is 4.71. The first-order valence-electron chi connectivity index (χ1n) is 4.33. The molecule has 78 valence electrons. The fourth-order valence-electron chi connectivity index (χ4n) is 1.33. The summed E-state index contributed by atoms with van der Waals surface area (Å²) in [4.78, 5) is 0. The van der Waals surface area contributed by atoms with Crippen LogP contribution in [-0.4, -0.2) is 13.7 Å². The van der Waals surface area contributed by atoms with Crippen molar-refractivity contribution in [1.29, 1.82) is 0 Å². The monoisotopic (exact) mass is 217 g/mol. The van der Waals surface area contributed by atoms with Gasteiger partial charge in [0.25, 0.3) is 0 Å². The van der Waals surface area contributed by atoms with Crippen molar-refractivity contribution in [2.45, 2.75) is 12.8 Å². The molecule has 4 heteroatoms. The van der Waals surface area contributed by atoms with E-state index in [1.54, 1.807) is 0 Å². The molecule has 2 nitrogen and oxygen atoms in total. The number of ether oxygens (including phenoxy) is 1. The molecule has 0 bridgehead atoms. The van der Waals surface area contributed by atoms with Gasteiger partial charge in [0.1, 0.15) is 11.6 Å². The predicted molar refractivity (Wildman–Crippen MR) is 55.4 cm³/mol. The number of hydrogen-bond donors (Lipinski definition) is 1. The highest BCUT2D eigenvalue weighted by molar-refractivity contribution is 6.32. The Labute approximate surface area is 87.8 Å². The molecular weight excluding hydrogens is 205 g/mol. The van der Waals surface area contributed by atoms with Gasteiger partial charge in [-0.05, 0) is 24.6 Å². The van der Waals surface area contributed by atoms with Crippen molar-refractivity contribution in [1.82, 2.24) is 0 Å². The zero-order valence-electron chi connectivity index (χ0n) is 8.18. The van der Waals surface area contributed by atoms with Crippen molar-refractivity contribution in [2.24, 2.45) is 5.73 Å². The van der Waals surface area contributed by atoms with E-state index in [0.717, 1.165) is 0 Å². The molecule has 1 atom stereocenters. The number of nitrogens with two attached hydrogens (primary N) is 1. The molecule has 1 aromatic rings. The first kappa shape index (κ1) is 11.3. The molecule has 0 aliphatic heterocycles. The van der Waals surface area contributed by atoms with Crippen LogP contribution in [0.25, 0.3) is 0 Å². The average Bonchev–Trinajstić information content (AvgIpc) is 2.19. The first-order chi connectivity index (χ1) is 6.61. The van der Waals surface area contributed by atoms with Gasteiger partial charge in [-0.3, -0.25) is 0 Å². The summed E-state index contributed by atoms with van der Waals surface area (Å²) < 4.78 is 18.5. The van der Waals surface area contributed by atoms with Gasteiger partial charge in [0.05, 0.1) is 12.1 Å². The van der Waals surface area contributed by atoms with Crippen LogP contribution in [0.3, 0.4) is 0 Å². The summed E-state index contributed by atoms with van der Waals surface area (Å²) in [6.07, 6.45) is 0. The van der Waals surface area contributed by atoms with E-state index in [2.05, 4.69) is 0 Å². The summed E-state index contributed by atoms with van der Waals surface area (Å²) in [5.41, 5.74) is 5.93. The van der Waals surface area contributed by atoms with E-state index in [1.165, 1.54) is 19.2 Å². The van der Waals surface area contributed by atoms with Crippen LogP contribution in [0.4, 0.5) is 4.39 Å². The molecule has 0 aliphatic rings. The second-order valence-corrected chi connectivity index (χ2v) is 3.52. The standard InChI is InChI=1S/C10H13ClFNO/c1-6(5-13)9-8(12)4-3-7(11)10(9)14-2/h3-4,6H,5,13H2,1-2H3. The van der Waals surface area contributed by atoms with Gasteiger partial charge in [-0.15, -0.1) is 0 Å². The molecular formula is C10H13ClFNO. The van der Waals surface area contributed by atoms with Crippen LogP contribution in [0.2, 0.25) is 5.02 Å². The molecule has 0 saturated heterocycles. The number of hydrogen-bond acceptors (Lipinski definition) is 2. The minimum Gasteiger partial charge on any atom is -0.495 e. The smallest absolute Gasteiger partial charge is 0.143 e. The van der Waals surface area contributed by atoms with E-state index in [-0.39, 0.29) is 11.7 Å². The normalized spacial score (nSPS) is 12.6. The average molecular weight is 218 g/mol. The van der Waals surface area contributed by atoms with Gasteiger partial charge < -0.3 is 10.5 Å². The van der Waals surface area contributed by atoms with E-state index in [9.17, 15) is 4.39 Å². The van der Waals surface area contributed by atoms with Gasteiger partial charge in [-0.1, -0.05) is 18.5 Å². The fourth-order valence-corrected chi connectivity index (χ4v) is 1.58. The summed E-state index contributed by atoms with van der Waals surface area (Å²) in [6, 6.07) is 2.80. The van der Waals surface area contributed by atoms with E-state index >= 15 is 0 Å². The van der Waals surface area contributed by atoms with Gasteiger partial charge >= 0.3 is 0 Å². The molecule has 1 unspecified atom stereocenters. The van der Waals surface area contributed by atoms with Crippen LogP contribution >= 0.6 is 11.6 Å². The third kappa shape index (κ3) is 1.99. The summed E-state index contributed by atoms with van der Waals surface area (Å²) >= 11 is 5.87. The molecule has 0 amide bonds. The zero-order valence-corrected chi connectivity index (χ0v) is 8.94. The van der Waals surface area contributed by atoms with Crippen LogP contribution in [0.1, 0.15) is 18.4 Å². The molecule has 0 fully saturated rings.